The van der Waals surface area contributed by atoms with Gasteiger partial charge in [-0.1, -0.05) is 54.2 Å². The molecule has 0 radical (unpaired) electrons. The third-order valence-electron chi connectivity index (χ3n) is 4.76. The second-order valence-corrected chi connectivity index (χ2v) is 8.56. The van der Waals surface area contributed by atoms with Crippen LogP contribution in [0.1, 0.15) is 10.4 Å². The summed E-state index contributed by atoms with van der Waals surface area (Å²) in [5.41, 5.74) is 1.90. The van der Waals surface area contributed by atoms with Gasteiger partial charge in [0.15, 0.2) is 10.9 Å². The molecule has 158 valence electrons. The van der Waals surface area contributed by atoms with E-state index in [0.717, 1.165) is 11.1 Å². The topological polar surface area (TPSA) is 61.2 Å². The van der Waals surface area contributed by atoms with E-state index < -0.39 is 0 Å². The van der Waals surface area contributed by atoms with Gasteiger partial charge in [0.1, 0.15) is 10.6 Å². The van der Waals surface area contributed by atoms with Crippen LogP contribution in [0.25, 0.3) is 21.3 Å². The number of ether oxygens (including phenoxy) is 1. The molecule has 2 aromatic carbocycles. The molecule has 0 bridgehead atoms. The largest absolute Gasteiger partial charge is 0.383 e. The molecular weight excluding hydrogens is 435 g/mol. The van der Waals surface area contributed by atoms with Gasteiger partial charge >= 0.3 is 0 Å². The number of thioether (sulfide) groups is 1. The predicted molar refractivity (Wildman–Crippen MR) is 123 cm³/mol. The maximum Gasteiger partial charge on any atom is 0.263 e. The second kappa shape index (κ2) is 9.55. The zero-order chi connectivity index (χ0) is 21.8. The molecule has 8 heteroatoms. The van der Waals surface area contributed by atoms with E-state index >= 15 is 0 Å². The first-order valence-electron chi connectivity index (χ1n) is 9.56. The smallest absolute Gasteiger partial charge is 0.263 e. The van der Waals surface area contributed by atoms with Crippen molar-refractivity contribution in [3.05, 3.63) is 81.7 Å². The molecule has 4 aromatic rings. The van der Waals surface area contributed by atoms with Crippen LogP contribution >= 0.6 is 23.1 Å². The Morgan fingerprint density at radius 3 is 2.61 bits per heavy atom. The summed E-state index contributed by atoms with van der Waals surface area (Å²) in [6.07, 6.45) is 0. The first-order chi connectivity index (χ1) is 15.1. The average molecular weight is 455 g/mol. The quantitative estimate of drug-likeness (QED) is 0.216. The lowest BCUT2D eigenvalue weighted by Gasteiger charge is -2.12. The minimum absolute atomic E-state index is 0.0311. The van der Waals surface area contributed by atoms with Crippen molar-refractivity contribution < 1.29 is 13.9 Å². The molecule has 0 fully saturated rings. The lowest BCUT2D eigenvalue weighted by atomic mass is 10.1. The summed E-state index contributed by atoms with van der Waals surface area (Å²) in [5.74, 6) is -0.192. The molecule has 5 nitrogen and oxygen atoms in total. The van der Waals surface area contributed by atoms with Crippen LogP contribution in [0.5, 0.6) is 0 Å². The summed E-state index contributed by atoms with van der Waals surface area (Å²) in [6, 6.07) is 15.1. The third kappa shape index (κ3) is 4.61. The van der Waals surface area contributed by atoms with Crippen molar-refractivity contribution in [2.75, 3.05) is 19.5 Å². The lowest BCUT2D eigenvalue weighted by molar-refractivity contribution is 0.102. The van der Waals surface area contributed by atoms with Gasteiger partial charge in [-0.05, 0) is 17.7 Å². The minimum atomic E-state index is -0.333. The standard InChI is InChI=1S/C23H19FN2O3S2/c1-29-12-11-26-22(28)20-18(15-7-9-17(24)10-8-15)13-30-21(20)25-23(26)31-14-19(27)16-5-3-2-4-6-16/h2-10,13H,11-12,14H2,1H3. The van der Waals surface area contributed by atoms with Gasteiger partial charge < -0.3 is 4.74 Å². The summed E-state index contributed by atoms with van der Waals surface area (Å²) in [7, 11) is 1.57. The number of fused-ring (bicyclic) bond motifs is 1. The third-order valence-corrected chi connectivity index (χ3v) is 6.61. The van der Waals surface area contributed by atoms with Crippen molar-refractivity contribution in [3.8, 4) is 11.1 Å². The molecule has 0 saturated carbocycles. The number of hydrogen-bond acceptors (Lipinski definition) is 6. The average Bonchev–Trinajstić information content (AvgIpc) is 3.22. The summed E-state index contributed by atoms with van der Waals surface area (Å²) < 4.78 is 20.1. The van der Waals surface area contributed by atoms with Gasteiger partial charge in [-0.3, -0.25) is 14.2 Å². The fourth-order valence-electron chi connectivity index (χ4n) is 3.18. The Hall–Kier alpha value is -2.81. The highest BCUT2D eigenvalue weighted by Crippen LogP contribution is 2.32. The summed E-state index contributed by atoms with van der Waals surface area (Å²) in [6.45, 7) is 0.655. The van der Waals surface area contributed by atoms with Crippen LogP contribution in [-0.4, -0.2) is 34.8 Å². The van der Waals surface area contributed by atoms with Gasteiger partial charge in [-0.2, -0.15) is 0 Å². The monoisotopic (exact) mass is 454 g/mol. The normalized spacial score (nSPS) is 11.2. The Kier molecular flexibility index (Phi) is 6.60. The summed E-state index contributed by atoms with van der Waals surface area (Å²) in [4.78, 5) is 31.2. The number of rotatable bonds is 8. The van der Waals surface area contributed by atoms with Gasteiger partial charge in [0.2, 0.25) is 0 Å². The Balaban J connectivity index is 1.72. The van der Waals surface area contributed by atoms with Crippen LogP contribution in [0, 0.1) is 5.82 Å². The molecule has 0 spiro atoms. The Labute approximate surface area is 186 Å². The number of hydrogen-bond donors (Lipinski definition) is 0. The second-order valence-electron chi connectivity index (χ2n) is 6.76. The van der Waals surface area contributed by atoms with Gasteiger partial charge in [0, 0.05) is 23.6 Å². The minimum Gasteiger partial charge on any atom is -0.383 e. The van der Waals surface area contributed by atoms with Crippen LogP contribution in [0.2, 0.25) is 0 Å². The number of halogens is 1. The number of Topliss-reactive ketones (excluding diaryl/α,β-unsaturated/α-hetero) is 1. The number of carbonyl (C=O) groups is 1. The predicted octanol–water partition coefficient (Wildman–Crippen LogP) is 4.89. The molecule has 4 rings (SSSR count). The lowest BCUT2D eigenvalue weighted by Crippen LogP contribution is -2.25. The van der Waals surface area contributed by atoms with Crippen LogP contribution in [-0.2, 0) is 11.3 Å². The molecule has 0 atom stereocenters. The van der Waals surface area contributed by atoms with E-state index in [4.69, 9.17) is 4.74 Å². The van der Waals surface area contributed by atoms with Crippen molar-refractivity contribution in [2.24, 2.45) is 0 Å². The van der Waals surface area contributed by atoms with Crippen molar-refractivity contribution in [2.45, 2.75) is 11.7 Å². The van der Waals surface area contributed by atoms with Gasteiger partial charge in [-0.15, -0.1) is 11.3 Å². The highest BCUT2D eigenvalue weighted by molar-refractivity contribution is 7.99. The first kappa shape index (κ1) is 21.4. The maximum atomic E-state index is 13.4. The van der Waals surface area contributed by atoms with Crippen molar-refractivity contribution in [3.63, 3.8) is 0 Å². The Morgan fingerprint density at radius 2 is 1.90 bits per heavy atom. The molecule has 0 aliphatic carbocycles. The SMILES string of the molecule is COCCn1c(SCC(=O)c2ccccc2)nc2scc(-c3ccc(F)cc3)c2c1=O. The van der Waals surface area contributed by atoms with Gasteiger partial charge in [0.05, 0.1) is 24.3 Å². The van der Waals surface area contributed by atoms with E-state index in [9.17, 15) is 14.0 Å². The number of aromatic nitrogens is 2. The molecule has 0 amide bonds. The number of benzene rings is 2. The highest BCUT2D eigenvalue weighted by Gasteiger charge is 2.18. The molecule has 0 unspecified atom stereocenters. The molecule has 2 heterocycles. The first-order valence-corrected chi connectivity index (χ1v) is 11.4. The van der Waals surface area contributed by atoms with E-state index in [-0.39, 0.29) is 22.9 Å². The number of carbonyl (C=O) groups excluding carboxylic acids is 1. The van der Waals surface area contributed by atoms with Crippen molar-refractivity contribution in [1.29, 1.82) is 0 Å². The zero-order valence-electron chi connectivity index (χ0n) is 16.7. The Bertz CT molecular complexity index is 1270. The van der Waals surface area contributed by atoms with E-state index in [1.54, 1.807) is 35.9 Å². The van der Waals surface area contributed by atoms with Crippen molar-refractivity contribution in [1.82, 2.24) is 9.55 Å². The van der Waals surface area contributed by atoms with E-state index in [1.807, 2.05) is 23.6 Å². The number of methoxy groups -OCH3 is 1. The zero-order valence-corrected chi connectivity index (χ0v) is 18.3. The molecule has 2 aromatic heterocycles. The van der Waals surface area contributed by atoms with E-state index in [1.165, 1.54) is 35.2 Å². The van der Waals surface area contributed by atoms with E-state index in [2.05, 4.69) is 4.98 Å². The molecule has 0 saturated heterocycles. The van der Waals surface area contributed by atoms with Crippen LogP contribution in [0.4, 0.5) is 4.39 Å². The highest BCUT2D eigenvalue weighted by atomic mass is 32.2. The molecule has 31 heavy (non-hydrogen) atoms. The summed E-state index contributed by atoms with van der Waals surface area (Å²) >= 11 is 2.60. The van der Waals surface area contributed by atoms with Crippen LogP contribution < -0.4 is 5.56 Å². The fraction of sp³-hybridized carbons (Fsp3) is 0.174. The van der Waals surface area contributed by atoms with Gasteiger partial charge in [0.25, 0.3) is 5.56 Å². The molecule has 0 N–H and O–H groups in total. The molecule has 0 aliphatic rings. The number of nitrogens with zero attached hydrogens (tertiary/aromatic N) is 2. The van der Waals surface area contributed by atoms with Crippen LogP contribution in [0.3, 0.4) is 0 Å². The van der Waals surface area contributed by atoms with Gasteiger partial charge in [-0.25, -0.2) is 9.37 Å². The summed E-state index contributed by atoms with van der Waals surface area (Å²) in [5, 5.41) is 2.83. The van der Waals surface area contributed by atoms with Crippen molar-refractivity contribution >= 4 is 39.1 Å². The van der Waals surface area contributed by atoms with Crippen LogP contribution in [0.15, 0.2) is 69.9 Å². The number of ketones is 1. The van der Waals surface area contributed by atoms with E-state index in [0.29, 0.717) is 34.1 Å². The Morgan fingerprint density at radius 1 is 1.16 bits per heavy atom. The maximum absolute atomic E-state index is 13.4. The number of thiophene rings is 1. The molecule has 0 aliphatic heterocycles. The fourth-order valence-corrected chi connectivity index (χ4v) is 5.08. The molecular formula is C23H19FN2O3S2.